The second-order valence-corrected chi connectivity index (χ2v) is 8.22. The molecule has 3 aromatic rings. The van der Waals surface area contributed by atoms with Crippen LogP contribution in [0.15, 0.2) is 53.7 Å². The van der Waals surface area contributed by atoms with Gasteiger partial charge in [-0.3, -0.25) is 0 Å². The van der Waals surface area contributed by atoms with Gasteiger partial charge < -0.3 is 15.1 Å². The number of benzene rings is 1. The van der Waals surface area contributed by atoms with Crippen molar-refractivity contribution in [2.45, 2.75) is 18.0 Å². The van der Waals surface area contributed by atoms with E-state index < -0.39 is 52.3 Å². The van der Waals surface area contributed by atoms with Gasteiger partial charge in [0.1, 0.15) is 5.69 Å². The van der Waals surface area contributed by atoms with E-state index in [4.69, 9.17) is 5.11 Å². The predicted octanol–water partition coefficient (Wildman–Crippen LogP) is 2.67. The van der Waals surface area contributed by atoms with E-state index in [1.807, 2.05) is 0 Å². The van der Waals surface area contributed by atoms with E-state index in [0.29, 0.717) is 9.54 Å². The molecule has 2 heterocycles. The summed E-state index contributed by atoms with van der Waals surface area (Å²) in [5, 5.41) is 18.3. The molecule has 0 radical (unpaired) electrons. The van der Waals surface area contributed by atoms with Crippen LogP contribution in [0.2, 0.25) is 0 Å². The van der Waals surface area contributed by atoms with E-state index in [2.05, 4.69) is 4.98 Å². The number of aliphatic hydroxyl groups excluding tert-OH is 1. The average molecular weight is 437 g/mol. The monoisotopic (exact) mass is 437 g/mol. The zero-order valence-electron chi connectivity index (χ0n) is 15.7. The maximum atomic E-state index is 15.2. The van der Waals surface area contributed by atoms with Crippen LogP contribution in [0.4, 0.5) is 13.6 Å². The Morgan fingerprint density at radius 3 is 2.60 bits per heavy atom. The fourth-order valence-corrected chi connectivity index (χ4v) is 4.31. The number of aromatic nitrogens is 2. The van der Waals surface area contributed by atoms with E-state index in [1.165, 1.54) is 43.4 Å². The van der Waals surface area contributed by atoms with Gasteiger partial charge in [-0.05, 0) is 29.8 Å². The molecule has 0 atom stereocenters. The van der Waals surface area contributed by atoms with Crippen LogP contribution in [-0.4, -0.2) is 45.6 Å². The number of amides is 1. The molecule has 158 valence electrons. The Kier molecular flexibility index (Phi) is 5.85. The van der Waals surface area contributed by atoms with Crippen molar-refractivity contribution in [1.82, 2.24) is 13.9 Å². The zero-order chi connectivity index (χ0) is 22.1. The number of hydrogen-bond donors (Lipinski definition) is 2. The molecule has 8 nitrogen and oxygen atoms in total. The van der Waals surface area contributed by atoms with Gasteiger partial charge in [0.15, 0.2) is 5.82 Å². The topological polar surface area (TPSA) is 113 Å². The summed E-state index contributed by atoms with van der Waals surface area (Å²) in [6, 6.07) is 7.85. The molecule has 0 saturated heterocycles. The van der Waals surface area contributed by atoms with Crippen LogP contribution in [0.25, 0.3) is 11.3 Å². The first-order valence-corrected chi connectivity index (χ1v) is 10.0. The summed E-state index contributed by atoms with van der Waals surface area (Å²) in [6.45, 7) is -0.878. The third-order valence-corrected chi connectivity index (χ3v) is 6.02. The van der Waals surface area contributed by atoms with Gasteiger partial charge in [0.2, 0.25) is 5.95 Å². The van der Waals surface area contributed by atoms with Crippen molar-refractivity contribution in [1.29, 1.82) is 0 Å². The third-order valence-electron chi connectivity index (χ3n) is 4.37. The Balaban J connectivity index is 2.27. The number of carbonyl (C=O) groups is 1. The number of carboxylic acid groups (broad SMARTS) is 1. The van der Waals surface area contributed by atoms with Gasteiger partial charge in [0, 0.05) is 25.0 Å². The summed E-state index contributed by atoms with van der Waals surface area (Å²) in [7, 11) is -3.24. The fourth-order valence-electron chi connectivity index (χ4n) is 2.85. The number of nitrogens with zero attached hydrogens (tertiary/aromatic N) is 3. The standard InChI is InChI=1S/C19H17F2N3O5S/c1-23(19(26)27)9-13-10-24(17(16(13)20)15-6-3-7-22-18(15)21)30(28,29)14-5-2-4-12(8-14)11-25/h2-8,10,25H,9,11H2,1H3,(H,26,27). The van der Waals surface area contributed by atoms with Gasteiger partial charge in [0.05, 0.1) is 23.6 Å². The van der Waals surface area contributed by atoms with Crippen LogP contribution in [0, 0.1) is 11.8 Å². The lowest BCUT2D eigenvalue weighted by Gasteiger charge is -2.11. The zero-order valence-corrected chi connectivity index (χ0v) is 16.5. The Hall–Kier alpha value is -3.31. The molecule has 0 aliphatic carbocycles. The number of halogens is 2. The van der Waals surface area contributed by atoms with Crippen LogP contribution in [-0.2, 0) is 23.2 Å². The van der Waals surface area contributed by atoms with Crippen LogP contribution >= 0.6 is 0 Å². The second-order valence-electron chi connectivity index (χ2n) is 6.40. The Morgan fingerprint density at radius 1 is 1.23 bits per heavy atom. The summed E-state index contributed by atoms with van der Waals surface area (Å²) in [4.78, 5) is 15.0. The SMILES string of the molecule is CN(Cc1cn(S(=O)(=O)c2cccc(CO)c2)c(-c2cccnc2F)c1F)C(=O)O. The van der Waals surface area contributed by atoms with Crippen LogP contribution in [0.5, 0.6) is 0 Å². The lowest BCUT2D eigenvalue weighted by atomic mass is 10.2. The molecule has 2 N–H and O–H groups in total. The molecule has 0 unspecified atom stereocenters. The van der Waals surface area contributed by atoms with Crippen LogP contribution < -0.4 is 0 Å². The third kappa shape index (κ3) is 3.89. The molecule has 0 fully saturated rings. The molecule has 0 bridgehead atoms. The van der Waals surface area contributed by atoms with Crippen LogP contribution in [0.3, 0.4) is 0 Å². The molecule has 2 aromatic heterocycles. The fraction of sp³-hybridized carbons (Fsp3) is 0.158. The molecule has 1 aromatic carbocycles. The highest BCUT2D eigenvalue weighted by Gasteiger charge is 2.29. The average Bonchev–Trinajstić information content (AvgIpc) is 3.05. The van der Waals surface area contributed by atoms with Gasteiger partial charge in [0.25, 0.3) is 10.0 Å². The summed E-state index contributed by atoms with van der Waals surface area (Å²) < 4.78 is 56.6. The minimum Gasteiger partial charge on any atom is -0.465 e. The number of rotatable bonds is 6. The van der Waals surface area contributed by atoms with Crippen molar-refractivity contribution in [3.8, 4) is 11.3 Å². The van der Waals surface area contributed by atoms with E-state index in [-0.39, 0.29) is 10.5 Å². The molecule has 30 heavy (non-hydrogen) atoms. The van der Waals surface area contributed by atoms with Crippen molar-refractivity contribution in [3.63, 3.8) is 0 Å². The normalized spacial score (nSPS) is 11.5. The Labute approximate surface area is 170 Å². The highest BCUT2D eigenvalue weighted by molar-refractivity contribution is 7.90. The molecule has 0 saturated carbocycles. The van der Waals surface area contributed by atoms with E-state index in [1.54, 1.807) is 0 Å². The predicted molar refractivity (Wildman–Crippen MR) is 102 cm³/mol. The minimum atomic E-state index is -4.42. The first-order chi connectivity index (χ1) is 14.2. The highest BCUT2D eigenvalue weighted by atomic mass is 32.2. The molecule has 1 amide bonds. The van der Waals surface area contributed by atoms with E-state index in [0.717, 1.165) is 17.3 Å². The second kappa shape index (κ2) is 8.20. The van der Waals surface area contributed by atoms with Gasteiger partial charge in [-0.2, -0.15) is 4.39 Å². The van der Waals surface area contributed by atoms with Crippen molar-refractivity contribution in [3.05, 3.63) is 71.7 Å². The summed E-state index contributed by atoms with van der Waals surface area (Å²) >= 11 is 0. The Bertz CT molecular complexity index is 1210. The lowest BCUT2D eigenvalue weighted by Crippen LogP contribution is -2.24. The van der Waals surface area contributed by atoms with Gasteiger partial charge in [-0.1, -0.05) is 12.1 Å². The first kappa shape index (κ1) is 21.4. The quantitative estimate of drug-likeness (QED) is 0.574. The van der Waals surface area contributed by atoms with Gasteiger partial charge >= 0.3 is 6.09 Å². The number of pyridine rings is 1. The molecular formula is C19H17F2N3O5S. The smallest absolute Gasteiger partial charge is 0.407 e. The maximum absolute atomic E-state index is 15.2. The van der Waals surface area contributed by atoms with E-state index in [9.17, 15) is 22.7 Å². The van der Waals surface area contributed by atoms with E-state index >= 15 is 4.39 Å². The van der Waals surface area contributed by atoms with Gasteiger partial charge in [-0.15, -0.1) is 0 Å². The number of aliphatic hydroxyl groups is 1. The van der Waals surface area contributed by atoms with Crippen LogP contribution in [0.1, 0.15) is 11.1 Å². The summed E-state index contributed by atoms with van der Waals surface area (Å²) in [6.07, 6.45) is 0.689. The van der Waals surface area contributed by atoms with Crippen molar-refractivity contribution >= 4 is 16.1 Å². The molecular weight excluding hydrogens is 420 g/mol. The minimum absolute atomic E-state index is 0.257. The molecule has 3 rings (SSSR count). The lowest BCUT2D eigenvalue weighted by molar-refractivity contribution is 0.153. The van der Waals surface area contributed by atoms with Crippen molar-refractivity contribution < 1.29 is 32.2 Å². The number of hydrogen-bond acceptors (Lipinski definition) is 5. The molecule has 11 heteroatoms. The van der Waals surface area contributed by atoms with Gasteiger partial charge in [-0.25, -0.2) is 26.6 Å². The molecule has 0 aliphatic heterocycles. The molecule has 0 aliphatic rings. The van der Waals surface area contributed by atoms with Crippen molar-refractivity contribution in [2.24, 2.45) is 0 Å². The summed E-state index contributed by atoms with van der Waals surface area (Å²) in [5.41, 5.74) is -0.964. The first-order valence-electron chi connectivity index (χ1n) is 8.57. The maximum Gasteiger partial charge on any atom is 0.407 e. The highest BCUT2D eigenvalue weighted by Crippen LogP contribution is 2.32. The molecule has 0 spiro atoms. The summed E-state index contributed by atoms with van der Waals surface area (Å²) in [5.74, 6) is -2.18. The largest absolute Gasteiger partial charge is 0.465 e. The van der Waals surface area contributed by atoms with Crippen molar-refractivity contribution in [2.75, 3.05) is 7.05 Å². The Morgan fingerprint density at radius 2 is 1.97 bits per heavy atom.